The molecule has 0 spiro atoms. The van der Waals surface area contributed by atoms with Crippen molar-refractivity contribution in [1.82, 2.24) is 0 Å². The summed E-state index contributed by atoms with van der Waals surface area (Å²) in [6.07, 6.45) is 0. The van der Waals surface area contributed by atoms with Gasteiger partial charge in [-0.2, -0.15) is 0 Å². The van der Waals surface area contributed by atoms with Crippen molar-refractivity contribution < 1.29 is 31.3 Å². The molecule has 0 aromatic carbocycles. The maximum absolute atomic E-state index is 9.46. The van der Waals surface area contributed by atoms with Crippen LogP contribution in [0.5, 0.6) is 0 Å². The van der Waals surface area contributed by atoms with Crippen LogP contribution >= 0.6 is 0 Å². The quantitative estimate of drug-likeness (QED) is 0.545. The van der Waals surface area contributed by atoms with E-state index in [1.165, 1.54) is 0 Å². The van der Waals surface area contributed by atoms with Crippen molar-refractivity contribution in [3.63, 3.8) is 0 Å². The summed E-state index contributed by atoms with van der Waals surface area (Å²) in [6, 6.07) is 0. The van der Waals surface area contributed by atoms with E-state index in [0.29, 0.717) is 0 Å². The zero-order valence-corrected chi connectivity index (χ0v) is 4.31. The molecule has 0 rings (SSSR count). The molecule has 3 nitrogen and oxygen atoms in total. The van der Waals surface area contributed by atoms with Gasteiger partial charge in [-0.25, -0.2) is 0 Å². The van der Waals surface area contributed by atoms with Crippen LogP contribution in [0.4, 0.5) is 0 Å². The first-order chi connectivity index (χ1) is 2.77. The molecule has 0 saturated heterocycles. The molecule has 4 heteroatoms. The number of carboxylic acids is 1. The van der Waals surface area contributed by atoms with E-state index in [2.05, 4.69) is 3.66 Å². The molecule has 0 amide bonds. The SMILES string of the molecule is O=C(O)C[O][V]. The molecule has 0 atom stereocenters. The molecule has 6 heavy (non-hydrogen) atoms. The van der Waals surface area contributed by atoms with Gasteiger partial charge >= 0.3 is 43.9 Å². The predicted octanol–water partition coefficient (Wildman–Crippen LogP) is -0.451. The molecule has 1 N–H and O–H groups in total. The first kappa shape index (κ1) is 6.01. The standard InChI is InChI=1S/C2H3O3.V/c3-1-2(4)5;/h1H2,(H,4,5);/q-1;+1. The van der Waals surface area contributed by atoms with E-state index in [0.717, 1.165) is 0 Å². The third kappa shape index (κ3) is 4.01. The molecular formula is C2H3O3V. The van der Waals surface area contributed by atoms with Gasteiger partial charge in [-0.1, -0.05) is 0 Å². The van der Waals surface area contributed by atoms with E-state index in [1.807, 2.05) is 0 Å². The Balaban J connectivity index is 2.83. The topological polar surface area (TPSA) is 46.5 Å². The van der Waals surface area contributed by atoms with Crippen LogP contribution in [0.15, 0.2) is 0 Å². The van der Waals surface area contributed by atoms with Gasteiger partial charge in [0.1, 0.15) is 0 Å². The Morgan fingerprint density at radius 2 is 2.50 bits per heavy atom. The van der Waals surface area contributed by atoms with Crippen molar-refractivity contribution in [3.8, 4) is 0 Å². The van der Waals surface area contributed by atoms with Crippen molar-refractivity contribution >= 4 is 5.97 Å². The molecule has 0 aliphatic rings. The predicted molar refractivity (Wildman–Crippen MR) is 13.6 cm³/mol. The fourth-order valence-corrected chi connectivity index (χ4v) is 0.228. The van der Waals surface area contributed by atoms with Crippen LogP contribution in [0.3, 0.4) is 0 Å². The Hall–Kier alpha value is 0.0144. The molecule has 0 heterocycles. The van der Waals surface area contributed by atoms with E-state index >= 15 is 0 Å². The van der Waals surface area contributed by atoms with E-state index in [9.17, 15) is 4.79 Å². The number of carbonyl (C=O) groups is 1. The van der Waals surface area contributed by atoms with Gasteiger partial charge in [0.15, 0.2) is 0 Å². The minimum absolute atomic E-state index is 0.236. The van der Waals surface area contributed by atoms with Crippen LogP contribution in [0.1, 0.15) is 0 Å². The number of aliphatic carboxylic acids is 1. The molecule has 0 fully saturated rings. The molecular weight excluding hydrogens is 123 g/mol. The van der Waals surface area contributed by atoms with E-state index < -0.39 is 5.97 Å². The first-order valence-electron chi connectivity index (χ1n) is 1.25. The number of hydrogen-bond acceptors (Lipinski definition) is 2. The molecule has 34 valence electrons. The Morgan fingerprint density at radius 3 is 2.50 bits per heavy atom. The first-order valence-corrected chi connectivity index (χ1v) is 1.82. The molecule has 0 aromatic heterocycles. The van der Waals surface area contributed by atoms with Gasteiger partial charge in [0.2, 0.25) is 0 Å². The molecule has 0 aromatic rings. The van der Waals surface area contributed by atoms with Crippen LogP contribution in [-0.2, 0) is 26.2 Å². The van der Waals surface area contributed by atoms with E-state index in [4.69, 9.17) is 5.11 Å². The monoisotopic (exact) mass is 126 g/mol. The molecule has 0 aliphatic heterocycles. The second-order valence-corrected chi connectivity index (χ2v) is 1.07. The van der Waals surface area contributed by atoms with Gasteiger partial charge in [0, 0.05) is 0 Å². The Morgan fingerprint density at radius 1 is 2.00 bits per heavy atom. The molecule has 0 saturated carbocycles. The number of rotatable bonds is 2. The number of hydrogen-bond donors (Lipinski definition) is 1. The third-order valence-corrected chi connectivity index (χ3v) is 0.390. The summed E-state index contributed by atoms with van der Waals surface area (Å²) < 4.78 is 4.14. The Bertz CT molecular complexity index is 52.8. The summed E-state index contributed by atoms with van der Waals surface area (Å²) in [4.78, 5) is 9.46. The van der Waals surface area contributed by atoms with Crippen molar-refractivity contribution in [2.24, 2.45) is 0 Å². The Labute approximate surface area is 44.6 Å². The zero-order chi connectivity index (χ0) is 4.99. The van der Waals surface area contributed by atoms with Gasteiger partial charge in [-0.3, -0.25) is 0 Å². The summed E-state index contributed by atoms with van der Waals surface area (Å²) in [5.41, 5.74) is 0. The fraction of sp³-hybridized carbons (Fsp3) is 0.500. The van der Waals surface area contributed by atoms with Crippen LogP contribution in [-0.4, -0.2) is 17.7 Å². The van der Waals surface area contributed by atoms with Crippen LogP contribution in [0.25, 0.3) is 0 Å². The Kier molecular flexibility index (Phi) is 3.22. The van der Waals surface area contributed by atoms with E-state index in [1.54, 1.807) is 17.8 Å². The molecule has 0 radical (unpaired) electrons. The average molecular weight is 126 g/mol. The second-order valence-electron chi connectivity index (χ2n) is 0.667. The minimum atomic E-state index is -0.948. The second kappa shape index (κ2) is 3.21. The van der Waals surface area contributed by atoms with Gasteiger partial charge in [-0.15, -0.1) is 0 Å². The van der Waals surface area contributed by atoms with Crippen molar-refractivity contribution in [2.75, 3.05) is 6.61 Å². The van der Waals surface area contributed by atoms with Gasteiger partial charge in [0.25, 0.3) is 0 Å². The van der Waals surface area contributed by atoms with Crippen molar-refractivity contribution in [1.29, 1.82) is 0 Å². The van der Waals surface area contributed by atoms with E-state index in [-0.39, 0.29) is 6.61 Å². The van der Waals surface area contributed by atoms with Gasteiger partial charge < -0.3 is 0 Å². The maximum atomic E-state index is 9.46. The summed E-state index contributed by atoms with van der Waals surface area (Å²) >= 11 is 1.72. The molecule has 0 aliphatic carbocycles. The van der Waals surface area contributed by atoms with Crippen LogP contribution in [0, 0.1) is 0 Å². The fourth-order valence-electron chi connectivity index (χ4n) is 0.0552. The molecule has 0 unspecified atom stereocenters. The van der Waals surface area contributed by atoms with Crippen LogP contribution in [0.2, 0.25) is 0 Å². The summed E-state index contributed by atoms with van der Waals surface area (Å²) in [6.45, 7) is -0.236. The van der Waals surface area contributed by atoms with Gasteiger partial charge in [0.05, 0.1) is 0 Å². The average Bonchev–Trinajstić information content (AvgIpc) is 1.35. The van der Waals surface area contributed by atoms with Crippen molar-refractivity contribution in [3.05, 3.63) is 0 Å². The normalized spacial score (nSPS) is 8.00. The van der Waals surface area contributed by atoms with Crippen molar-refractivity contribution in [2.45, 2.75) is 0 Å². The van der Waals surface area contributed by atoms with Gasteiger partial charge in [-0.05, 0) is 0 Å². The zero-order valence-electron chi connectivity index (χ0n) is 2.92. The number of carboxylic acid groups (broad SMARTS) is 1. The summed E-state index contributed by atoms with van der Waals surface area (Å²) in [5, 5.41) is 7.78. The molecule has 0 bridgehead atoms. The third-order valence-electron chi connectivity index (χ3n) is 0.188. The van der Waals surface area contributed by atoms with Crippen LogP contribution < -0.4 is 0 Å². The summed E-state index contributed by atoms with van der Waals surface area (Å²) in [7, 11) is 0. The summed E-state index contributed by atoms with van der Waals surface area (Å²) in [5.74, 6) is -0.948.